The molecule has 0 saturated carbocycles. The smallest absolute Gasteiger partial charge is 0.0701 e. The minimum Gasteiger partial charge on any atom is -0.394 e. The summed E-state index contributed by atoms with van der Waals surface area (Å²) in [4.78, 5) is 0. The quantitative estimate of drug-likeness (QED) is 0.660. The largest absolute Gasteiger partial charge is 0.394 e. The Balaban J connectivity index is 0.000001000. The molecule has 1 aromatic rings. The zero-order valence-corrected chi connectivity index (χ0v) is 7.08. The van der Waals surface area contributed by atoms with E-state index in [1.165, 1.54) is 0 Å². The number of halogens is 1. The summed E-state index contributed by atoms with van der Waals surface area (Å²) >= 11 is 0. The molecule has 0 aromatic carbocycles. The summed E-state index contributed by atoms with van der Waals surface area (Å²) in [5, 5.41) is 12.6. The van der Waals surface area contributed by atoms with E-state index < -0.39 is 0 Å². The highest BCUT2D eigenvalue weighted by Crippen LogP contribution is 2.05. The van der Waals surface area contributed by atoms with Crippen LogP contribution in [0.2, 0.25) is 0 Å². The van der Waals surface area contributed by atoms with Gasteiger partial charge in [-0.3, -0.25) is 4.68 Å². The predicted octanol–water partition coefficient (Wildman–Crippen LogP) is -0.166. The van der Waals surface area contributed by atoms with Crippen molar-refractivity contribution in [2.75, 3.05) is 6.61 Å². The second kappa shape index (κ2) is 4.33. The Hall–Kier alpha value is -0.580. The Labute approximate surface area is 71.4 Å². The zero-order chi connectivity index (χ0) is 7.56. The van der Waals surface area contributed by atoms with Gasteiger partial charge in [0.2, 0.25) is 0 Å². The monoisotopic (exact) mass is 177 g/mol. The highest BCUT2D eigenvalue weighted by molar-refractivity contribution is 5.85. The molecule has 64 valence electrons. The summed E-state index contributed by atoms with van der Waals surface area (Å²) < 4.78 is 1.65. The van der Waals surface area contributed by atoms with E-state index >= 15 is 0 Å². The van der Waals surface area contributed by atoms with Crippen LogP contribution in [0.25, 0.3) is 0 Å². The fraction of sp³-hybridized carbons (Fsp3) is 0.500. The van der Waals surface area contributed by atoms with Gasteiger partial charge >= 0.3 is 0 Å². The molecule has 1 heterocycles. The van der Waals surface area contributed by atoms with Crippen molar-refractivity contribution in [1.29, 1.82) is 0 Å². The molecule has 0 bridgehead atoms. The predicted molar refractivity (Wildman–Crippen MR) is 44.5 cm³/mol. The molecule has 1 rings (SSSR count). The Morgan fingerprint density at radius 2 is 2.45 bits per heavy atom. The molecule has 1 aromatic heterocycles. The minimum absolute atomic E-state index is 0. The van der Waals surface area contributed by atoms with Gasteiger partial charge in [0, 0.05) is 13.2 Å². The van der Waals surface area contributed by atoms with E-state index in [4.69, 9.17) is 10.8 Å². The Kier molecular flexibility index (Phi) is 4.10. The number of nitrogens with two attached hydrogens (primary N) is 1. The first-order valence-electron chi connectivity index (χ1n) is 3.10. The molecule has 1 atom stereocenters. The van der Waals surface area contributed by atoms with E-state index in [9.17, 15) is 0 Å². The topological polar surface area (TPSA) is 64.1 Å². The number of hydrogen-bond acceptors (Lipinski definition) is 3. The lowest BCUT2D eigenvalue weighted by molar-refractivity contribution is 0.263. The van der Waals surface area contributed by atoms with Crippen LogP contribution in [0.15, 0.2) is 12.3 Å². The summed E-state index contributed by atoms with van der Waals surface area (Å²) in [7, 11) is 1.80. The van der Waals surface area contributed by atoms with Crippen LogP contribution in [-0.2, 0) is 7.05 Å². The molecule has 5 heteroatoms. The first-order chi connectivity index (χ1) is 4.75. The van der Waals surface area contributed by atoms with Gasteiger partial charge in [-0.05, 0) is 6.07 Å². The summed E-state index contributed by atoms with van der Waals surface area (Å²) in [6, 6.07) is 1.48. The van der Waals surface area contributed by atoms with Crippen molar-refractivity contribution in [1.82, 2.24) is 9.78 Å². The molecule has 0 radical (unpaired) electrons. The fourth-order valence-corrected chi connectivity index (χ4v) is 0.841. The van der Waals surface area contributed by atoms with Gasteiger partial charge in [0.1, 0.15) is 0 Å². The Morgan fingerprint density at radius 1 is 1.82 bits per heavy atom. The van der Waals surface area contributed by atoms with Crippen molar-refractivity contribution in [3.8, 4) is 0 Å². The molecule has 0 amide bonds. The second-order valence-electron chi connectivity index (χ2n) is 2.17. The maximum Gasteiger partial charge on any atom is 0.0701 e. The number of hydrogen-bond donors (Lipinski definition) is 2. The van der Waals surface area contributed by atoms with Crippen LogP contribution in [0.1, 0.15) is 11.7 Å². The lowest BCUT2D eigenvalue weighted by Gasteiger charge is -2.06. The van der Waals surface area contributed by atoms with Gasteiger partial charge in [-0.1, -0.05) is 0 Å². The van der Waals surface area contributed by atoms with Crippen molar-refractivity contribution < 1.29 is 5.11 Å². The average molecular weight is 178 g/mol. The molecule has 11 heavy (non-hydrogen) atoms. The maximum absolute atomic E-state index is 8.66. The van der Waals surface area contributed by atoms with Gasteiger partial charge in [-0.25, -0.2) is 0 Å². The summed E-state index contributed by atoms with van der Waals surface area (Å²) in [5.41, 5.74) is 6.38. The molecule has 0 aliphatic heterocycles. The molecule has 4 nitrogen and oxygen atoms in total. The van der Waals surface area contributed by atoms with Gasteiger partial charge in [-0.2, -0.15) is 5.10 Å². The van der Waals surface area contributed by atoms with E-state index in [2.05, 4.69) is 5.10 Å². The highest BCUT2D eigenvalue weighted by atomic mass is 35.5. The van der Waals surface area contributed by atoms with Crippen LogP contribution in [0.3, 0.4) is 0 Å². The standard InChI is InChI=1S/C6H11N3O.ClH/c1-9-6(2-3-8-9)5(7)4-10;/h2-3,5,10H,4,7H2,1H3;1H/t5-;/m0./s1. The molecule has 0 fully saturated rings. The number of rotatable bonds is 2. The summed E-state index contributed by atoms with van der Waals surface area (Å²) in [5.74, 6) is 0. The minimum atomic E-state index is -0.313. The van der Waals surface area contributed by atoms with Crippen LogP contribution in [0.4, 0.5) is 0 Å². The lowest BCUT2D eigenvalue weighted by atomic mass is 10.2. The fourth-order valence-electron chi connectivity index (χ4n) is 0.841. The number of aryl methyl sites for hydroxylation is 1. The van der Waals surface area contributed by atoms with Crippen molar-refractivity contribution >= 4 is 12.4 Å². The summed E-state index contributed by atoms with van der Waals surface area (Å²) in [6.45, 7) is -0.0421. The van der Waals surface area contributed by atoms with E-state index in [0.29, 0.717) is 0 Å². The zero-order valence-electron chi connectivity index (χ0n) is 6.27. The number of aliphatic hydroxyl groups excluding tert-OH is 1. The number of aliphatic hydroxyl groups is 1. The van der Waals surface area contributed by atoms with Crippen LogP contribution in [0.5, 0.6) is 0 Å². The van der Waals surface area contributed by atoms with E-state index in [1.54, 1.807) is 24.0 Å². The molecule has 0 spiro atoms. The van der Waals surface area contributed by atoms with Crippen LogP contribution >= 0.6 is 12.4 Å². The molecular weight excluding hydrogens is 166 g/mol. The average Bonchev–Trinajstić information content (AvgIpc) is 2.34. The molecule has 0 unspecified atom stereocenters. The van der Waals surface area contributed by atoms with Crippen LogP contribution in [0, 0.1) is 0 Å². The molecule has 3 N–H and O–H groups in total. The van der Waals surface area contributed by atoms with Gasteiger partial charge in [0.05, 0.1) is 18.3 Å². The first kappa shape index (κ1) is 10.4. The van der Waals surface area contributed by atoms with E-state index in [-0.39, 0.29) is 25.1 Å². The van der Waals surface area contributed by atoms with Crippen molar-refractivity contribution in [2.45, 2.75) is 6.04 Å². The Morgan fingerprint density at radius 3 is 2.82 bits per heavy atom. The van der Waals surface area contributed by atoms with Gasteiger partial charge in [0.25, 0.3) is 0 Å². The number of aromatic nitrogens is 2. The highest BCUT2D eigenvalue weighted by Gasteiger charge is 2.06. The molecular formula is C6H12ClN3O. The van der Waals surface area contributed by atoms with E-state index in [0.717, 1.165) is 5.69 Å². The normalized spacial score (nSPS) is 12.3. The SMILES string of the molecule is Cl.Cn1nccc1[C@@H](N)CO. The Bertz CT molecular complexity index is 213. The van der Waals surface area contributed by atoms with Gasteiger partial charge in [-0.15, -0.1) is 12.4 Å². The van der Waals surface area contributed by atoms with E-state index in [1.807, 2.05) is 0 Å². The molecule has 0 aliphatic carbocycles. The maximum atomic E-state index is 8.66. The molecule has 0 saturated heterocycles. The third kappa shape index (κ3) is 2.18. The van der Waals surface area contributed by atoms with Crippen LogP contribution in [-0.4, -0.2) is 21.5 Å². The third-order valence-electron chi connectivity index (χ3n) is 1.44. The lowest BCUT2D eigenvalue weighted by Crippen LogP contribution is -2.17. The van der Waals surface area contributed by atoms with Gasteiger partial charge in [0.15, 0.2) is 0 Å². The third-order valence-corrected chi connectivity index (χ3v) is 1.44. The van der Waals surface area contributed by atoms with Crippen LogP contribution < -0.4 is 5.73 Å². The first-order valence-corrected chi connectivity index (χ1v) is 3.10. The van der Waals surface area contributed by atoms with Crippen molar-refractivity contribution in [2.24, 2.45) is 12.8 Å². The number of nitrogens with zero attached hydrogens (tertiary/aromatic N) is 2. The summed E-state index contributed by atoms with van der Waals surface area (Å²) in [6.07, 6.45) is 1.66. The second-order valence-corrected chi connectivity index (χ2v) is 2.17. The van der Waals surface area contributed by atoms with Gasteiger partial charge < -0.3 is 10.8 Å². The van der Waals surface area contributed by atoms with Crippen molar-refractivity contribution in [3.05, 3.63) is 18.0 Å². The van der Waals surface area contributed by atoms with Crippen molar-refractivity contribution in [3.63, 3.8) is 0 Å². The molecule has 0 aliphatic rings.